The Kier molecular flexibility index (Phi) is 5.44. The SMILES string of the molecule is Cc1cccc(OCc2ccc(C(=O)NCC(=O)C(C)(C)C)o2)c1. The number of rotatable bonds is 6. The number of nitrogens with one attached hydrogen (secondary N) is 1. The summed E-state index contributed by atoms with van der Waals surface area (Å²) in [6, 6.07) is 11.0. The van der Waals surface area contributed by atoms with Crippen LogP contribution in [0.25, 0.3) is 0 Å². The number of hydrogen-bond donors (Lipinski definition) is 1. The molecule has 24 heavy (non-hydrogen) atoms. The summed E-state index contributed by atoms with van der Waals surface area (Å²) in [4.78, 5) is 23.8. The molecule has 0 saturated carbocycles. The summed E-state index contributed by atoms with van der Waals surface area (Å²) >= 11 is 0. The minimum Gasteiger partial charge on any atom is -0.486 e. The molecule has 128 valence electrons. The molecule has 1 heterocycles. The molecule has 0 aliphatic rings. The predicted octanol–water partition coefficient (Wildman–Crippen LogP) is 3.51. The van der Waals surface area contributed by atoms with Crippen molar-refractivity contribution in [1.82, 2.24) is 5.32 Å². The molecule has 0 fully saturated rings. The van der Waals surface area contributed by atoms with Gasteiger partial charge in [0.05, 0.1) is 6.54 Å². The normalized spacial score (nSPS) is 11.2. The van der Waals surface area contributed by atoms with Crippen LogP contribution in [0, 0.1) is 12.3 Å². The monoisotopic (exact) mass is 329 g/mol. The fourth-order valence-electron chi connectivity index (χ4n) is 1.95. The van der Waals surface area contributed by atoms with Gasteiger partial charge in [-0.1, -0.05) is 32.9 Å². The molecule has 0 aliphatic heterocycles. The van der Waals surface area contributed by atoms with Crippen molar-refractivity contribution in [3.05, 3.63) is 53.5 Å². The fourth-order valence-corrected chi connectivity index (χ4v) is 1.95. The largest absolute Gasteiger partial charge is 0.486 e. The van der Waals surface area contributed by atoms with E-state index in [1.54, 1.807) is 12.1 Å². The molecule has 0 radical (unpaired) electrons. The Hall–Kier alpha value is -2.56. The highest BCUT2D eigenvalue weighted by atomic mass is 16.5. The number of carbonyl (C=O) groups is 2. The number of furan rings is 1. The lowest BCUT2D eigenvalue weighted by molar-refractivity contribution is -0.125. The Morgan fingerprint density at radius 2 is 1.92 bits per heavy atom. The molecule has 0 aliphatic carbocycles. The van der Waals surface area contributed by atoms with Gasteiger partial charge in [-0.15, -0.1) is 0 Å². The highest BCUT2D eigenvalue weighted by Crippen LogP contribution is 2.16. The Morgan fingerprint density at radius 3 is 2.58 bits per heavy atom. The zero-order valence-electron chi connectivity index (χ0n) is 14.5. The first-order valence-electron chi connectivity index (χ1n) is 7.85. The van der Waals surface area contributed by atoms with Crippen LogP contribution in [0.4, 0.5) is 0 Å². The van der Waals surface area contributed by atoms with E-state index in [4.69, 9.17) is 9.15 Å². The number of carbonyl (C=O) groups excluding carboxylic acids is 2. The third-order valence-electron chi connectivity index (χ3n) is 3.50. The lowest BCUT2D eigenvalue weighted by Gasteiger charge is -2.16. The number of hydrogen-bond acceptors (Lipinski definition) is 4. The lowest BCUT2D eigenvalue weighted by Crippen LogP contribution is -2.35. The van der Waals surface area contributed by atoms with E-state index in [-0.39, 0.29) is 24.7 Å². The van der Waals surface area contributed by atoms with Crippen molar-refractivity contribution < 1.29 is 18.7 Å². The summed E-state index contributed by atoms with van der Waals surface area (Å²) in [7, 11) is 0. The third kappa shape index (κ3) is 4.98. The van der Waals surface area contributed by atoms with Gasteiger partial charge in [0.1, 0.15) is 18.1 Å². The summed E-state index contributed by atoms with van der Waals surface area (Å²) in [5, 5.41) is 2.58. The number of ketones is 1. The molecule has 2 rings (SSSR count). The van der Waals surface area contributed by atoms with Crippen molar-refractivity contribution in [2.75, 3.05) is 6.54 Å². The molecule has 1 amide bonds. The second-order valence-electron chi connectivity index (χ2n) is 6.73. The van der Waals surface area contributed by atoms with Gasteiger partial charge in [-0.05, 0) is 36.8 Å². The van der Waals surface area contributed by atoms with Crippen LogP contribution in [-0.4, -0.2) is 18.2 Å². The summed E-state index contributed by atoms with van der Waals surface area (Å²) in [5.74, 6) is 1.01. The predicted molar refractivity (Wildman–Crippen MR) is 91.0 cm³/mol. The van der Waals surface area contributed by atoms with Gasteiger partial charge >= 0.3 is 0 Å². The Labute approximate surface area is 142 Å². The van der Waals surface area contributed by atoms with E-state index in [1.807, 2.05) is 52.0 Å². The number of Topliss-reactive ketones (excluding diaryl/α,β-unsaturated/α-hetero) is 1. The summed E-state index contributed by atoms with van der Waals surface area (Å²) < 4.78 is 11.1. The van der Waals surface area contributed by atoms with Crippen molar-refractivity contribution in [3.8, 4) is 5.75 Å². The van der Waals surface area contributed by atoms with Crippen LogP contribution in [-0.2, 0) is 11.4 Å². The number of aryl methyl sites for hydroxylation is 1. The molecule has 1 N–H and O–H groups in total. The molecule has 5 nitrogen and oxygen atoms in total. The van der Waals surface area contributed by atoms with E-state index in [2.05, 4.69) is 5.32 Å². The topological polar surface area (TPSA) is 68.5 Å². The van der Waals surface area contributed by atoms with Crippen molar-refractivity contribution in [2.24, 2.45) is 5.41 Å². The Bertz CT molecular complexity index is 725. The van der Waals surface area contributed by atoms with Crippen LogP contribution in [0.15, 0.2) is 40.8 Å². The zero-order valence-corrected chi connectivity index (χ0v) is 14.5. The standard InChI is InChI=1S/C19H23NO4/c1-13-6-5-7-14(10-13)23-12-15-8-9-16(24-15)18(22)20-11-17(21)19(2,3)4/h5-10H,11-12H2,1-4H3,(H,20,22). The Morgan fingerprint density at radius 1 is 1.17 bits per heavy atom. The van der Waals surface area contributed by atoms with Crippen LogP contribution in [0.5, 0.6) is 5.75 Å². The first-order chi connectivity index (χ1) is 11.3. The molecule has 0 spiro atoms. The van der Waals surface area contributed by atoms with E-state index >= 15 is 0 Å². The second-order valence-corrected chi connectivity index (χ2v) is 6.73. The summed E-state index contributed by atoms with van der Waals surface area (Å²) in [5.41, 5.74) is 0.624. The van der Waals surface area contributed by atoms with Crippen molar-refractivity contribution in [3.63, 3.8) is 0 Å². The Balaban J connectivity index is 1.88. The molecule has 0 unspecified atom stereocenters. The summed E-state index contributed by atoms with van der Waals surface area (Å²) in [6.45, 7) is 7.65. The molecular formula is C19H23NO4. The number of amides is 1. The molecule has 0 bridgehead atoms. The molecule has 2 aromatic rings. The second kappa shape index (κ2) is 7.34. The van der Waals surface area contributed by atoms with Crippen molar-refractivity contribution in [2.45, 2.75) is 34.3 Å². The van der Waals surface area contributed by atoms with Gasteiger partial charge in [0.2, 0.25) is 0 Å². The van der Waals surface area contributed by atoms with Crippen LogP contribution in [0.3, 0.4) is 0 Å². The smallest absolute Gasteiger partial charge is 0.287 e. The van der Waals surface area contributed by atoms with Gasteiger partial charge in [-0.25, -0.2) is 0 Å². The highest BCUT2D eigenvalue weighted by molar-refractivity contribution is 5.95. The highest BCUT2D eigenvalue weighted by Gasteiger charge is 2.22. The maximum atomic E-state index is 12.0. The maximum absolute atomic E-state index is 12.0. The first-order valence-corrected chi connectivity index (χ1v) is 7.85. The van der Waals surface area contributed by atoms with Crippen LogP contribution in [0.1, 0.15) is 42.6 Å². The average Bonchev–Trinajstić information content (AvgIpc) is 2.98. The van der Waals surface area contributed by atoms with Gasteiger partial charge in [0.15, 0.2) is 11.5 Å². The summed E-state index contributed by atoms with van der Waals surface area (Å²) in [6.07, 6.45) is 0. The van der Waals surface area contributed by atoms with Crippen LogP contribution in [0.2, 0.25) is 0 Å². The quantitative estimate of drug-likeness (QED) is 0.880. The van der Waals surface area contributed by atoms with Gasteiger partial charge in [0, 0.05) is 5.41 Å². The van der Waals surface area contributed by atoms with Crippen LogP contribution < -0.4 is 10.1 Å². The van der Waals surface area contributed by atoms with E-state index in [9.17, 15) is 9.59 Å². The van der Waals surface area contributed by atoms with E-state index in [0.717, 1.165) is 11.3 Å². The van der Waals surface area contributed by atoms with Crippen molar-refractivity contribution >= 4 is 11.7 Å². The average molecular weight is 329 g/mol. The van der Waals surface area contributed by atoms with Gasteiger partial charge in [-0.3, -0.25) is 9.59 Å². The van der Waals surface area contributed by atoms with E-state index in [0.29, 0.717) is 5.76 Å². The van der Waals surface area contributed by atoms with Gasteiger partial charge < -0.3 is 14.5 Å². The molecule has 0 saturated heterocycles. The van der Waals surface area contributed by atoms with Gasteiger partial charge in [-0.2, -0.15) is 0 Å². The molecule has 0 atom stereocenters. The lowest BCUT2D eigenvalue weighted by atomic mass is 9.91. The molecular weight excluding hydrogens is 306 g/mol. The number of benzene rings is 1. The maximum Gasteiger partial charge on any atom is 0.287 e. The van der Waals surface area contributed by atoms with E-state index < -0.39 is 11.3 Å². The fraction of sp³-hybridized carbons (Fsp3) is 0.368. The van der Waals surface area contributed by atoms with Gasteiger partial charge in [0.25, 0.3) is 5.91 Å². The number of ether oxygens (including phenoxy) is 1. The minimum absolute atomic E-state index is 0.0157. The van der Waals surface area contributed by atoms with E-state index in [1.165, 1.54) is 0 Å². The van der Waals surface area contributed by atoms with Crippen LogP contribution >= 0.6 is 0 Å². The molecule has 5 heteroatoms. The molecule has 1 aromatic carbocycles. The van der Waals surface area contributed by atoms with Crippen molar-refractivity contribution in [1.29, 1.82) is 0 Å². The molecule has 1 aromatic heterocycles. The third-order valence-corrected chi connectivity index (χ3v) is 3.50. The minimum atomic E-state index is -0.483. The first kappa shape index (κ1) is 17.8. The zero-order chi connectivity index (χ0) is 17.7.